The molecule has 9 heteroatoms. The molecule has 7 nitrogen and oxygen atoms in total. The molecule has 2 aromatic heterocycles. The van der Waals surface area contributed by atoms with Gasteiger partial charge in [0.15, 0.2) is 11.0 Å². The van der Waals surface area contributed by atoms with Gasteiger partial charge in [0.2, 0.25) is 0 Å². The van der Waals surface area contributed by atoms with Crippen LogP contribution in [-0.2, 0) is 19.4 Å². The minimum atomic E-state index is 0.329. The average molecular weight is 413 g/mol. The number of thioether (sulfide) groups is 1. The van der Waals surface area contributed by atoms with Gasteiger partial charge in [-0.25, -0.2) is 0 Å². The Kier molecular flexibility index (Phi) is 5.59. The third kappa shape index (κ3) is 4.35. The zero-order valence-electron chi connectivity index (χ0n) is 15.1. The van der Waals surface area contributed by atoms with Crippen molar-refractivity contribution in [3.63, 3.8) is 0 Å². The van der Waals surface area contributed by atoms with E-state index in [9.17, 15) is 0 Å². The highest BCUT2D eigenvalue weighted by atomic mass is 35.5. The van der Waals surface area contributed by atoms with Gasteiger partial charge in [0, 0.05) is 17.8 Å². The molecule has 0 unspecified atom stereocenters. The second-order valence-electron chi connectivity index (χ2n) is 5.95. The molecule has 0 aliphatic rings. The minimum absolute atomic E-state index is 0.329. The van der Waals surface area contributed by atoms with Gasteiger partial charge >= 0.3 is 0 Å². The topological polar surface area (TPSA) is 70.7 Å². The number of hydrogen-bond donors (Lipinski definition) is 0. The number of rotatable bonds is 7. The Labute approximate surface area is 171 Å². The fourth-order valence-corrected chi connectivity index (χ4v) is 3.39. The minimum Gasteiger partial charge on any atom is -0.486 e. The number of benzene rings is 2. The molecule has 4 rings (SSSR count). The second-order valence-corrected chi connectivity index (χ2v) is 7.33. The monoisotopic (exact) mass is 412 g/mol. The number of hydrogen-bond acceptors (Lipinski definition) is 6. The Morgan fingerprint density at radius 2 is 1.82 bits per heavy atom. The van der Waals surface area contributed by atoms with Gasteiger partial charge in [-0.15, -0.1) is 10.2 Å². The van der Waals surface area contributed by atoms with Crippen LogP contribution in [0.15, 0.2) is 66.0 Å². The fraction of sp³-hybridized carbons (Fsp3) is 0.158. The second kappa shape index (κ2) is 8.45. The van der Waals surface area contributed by atoms with Crippen molar-refractivity contribution in [2.45, 2.75) is 17.5 Å². The summed E-state index contributed by atoms with van der Waals surface area (Å²) in [5, 5.41) is 18.7. The van der Waals surface area contributed by atoms with Crippen molar-refractivity contribution in [1.29, 1.82) is 0 Å². The van der Waals surface area contributed by atoms with Crippen LogP contribution in [0.3, 0.4) is 0 Å². The molecular weight excluding hydrogens is 396 g/mol. The van der Waals surface area contributed by atoms with E-state index in [1.165, 1.54) is 0 Å². The number of para-hydroxylation sites is 1. The number of ether oxygens (including phenoxy) is 1. The van der Waals surface area contributed by atoms with Crippen LogP contribution in [0.5, 0.6) is 5.75 Å². The van der Waals surface area contributed by atoms with E-state index in [-0.39, 0.29) is 0 Å². The summed E-state index contributed by atoms with van der Waals surface area (Å²) in [5.41, 5.74) is 1.80. The Hall–Kier alpha value is -2.84. The Morgan fingerprint density at radius 1 is 1.04 bits per heavy atom. The van der Waals surface area contributed by atoms with Crippen molar-refractivity contribution in [2.24, 2.45) is 7.05 Å². The van der Waals surface area contributed by atoms with Gasteiger partial charge in [-0.1, -0.05) is 41.6 Å². The van der Waals surface area contributed by atoms with Gasteiger partial charge in [0.1, 0.15) is 12.4 Å². The van der Waals surface area contributed by atoms with Crippen LogP contribution in [-0.4, -0.2) is 29.8 Å². The van der Waals surface area contributed by atoms with E-state index in [4.69, 9.17) is 16.3 Å². The first kappa shape index (κ1) is 18.5. The van der Waals surface area contributed by atoms with E-state index in [1.807, 2.05) is 54.1 Å². The Bertz CT molecular complexity index is 1050. The maximum atomic E-state index is 5.88. The summed E-state index contributed by atoms with van der Waals surface area (Å²) in [4.78, 5) is 1.62. The Morgan fingerprint density at radius 3 is 2.61 bits per heavy atom. The number of nitrogens with zero attached hydrogens (tertiary/aromatic N) is 6. The lowest BCUT2D eigenvalue weighted by atomic mass is 10.3. The summed E-state index contributed by atoms with van der Waals surface area (Å²) in [6.07, 6.45) is 1.76. The molecule has 0 saturated heterocycles. The average Bonchev–Trinajstić information content (AvgIpc) is 3.34. The van der Waals surface area contributed by atoms with Crippen LogP contribution in [0, 0.1) is 0 Å². The zero-order chi connectivity index (χ0) is 19.3. The molecule has 0 spiro atoms. The van der Waals surface area contributed by atoms with Crippen molar-refractivity contribution in [2.75, 3.05) is 0 Å². The third-order valence-corrected chi connectivity index (χ3v) is 5.29. The third-order valence-electron chi connectivity index (χ3n) is 3.98. The fourth-order valence-electron chi connectivity index (χ4n) is 2.46. The maximum absolute atomic E-state index is 5.88. The predicted octanol–water partition coefficient (Wildman–Crippen LogP) is 3.92. The molecule has 0 N–H and O–H groups in total. The molecule has 2 heterocycles. The molecule has 0 amide bonds. The van der Waals surface area contributed by atoms with Gasteiger partial charge in [-0.2, -0.15) is 15.0 Å². The van der Waals surface area contributed by atoms with Crippen molar-refractivity contribution < 1.29 is 4.74 Å². The van der Waals surface area contributed by atoms with Gasteiger partial charge in [0.05, 0.1) is 17.6 Å². The first-order valence-corrected chi connectivity index (χ1v) is 9.91. The summed E-state index contributed by atoms with van der Waals surface area (Å²) in [6.45, 7) is 0.329. The number of aromatic nitrogens is 6. The first-order valence-electron chi connectivity index (χ1n) is 8.55. The molecule has 28 heavy (non-hydrogen) atoms. The van der Waals surface area contributed by atoms with Crippen molar-refractivity contribution in [3.05, 3.63) is 77.3 Å². The van der Waals surface area contributed by atoms with E-state index in [0.717, 1.165) is 28.1 Å². The summed E-state index contributed by atoms with van der Waals surface area (Å²) < 4.78 is 7.66. The summed E-state index contributed by atoms with van der Waals surface area (Å²) >= 11 is 7.44. The van der Waals surface area contributed by atoms with E-state index in [0.29, 0.717) is 17.4 Å². The maximum Gasteiger partial charge on any atom is 0.191 e. The van der Waals surface area contributed by atoms with Crippen molar-refractivity contribution in [1.82, 2.24) is 29.8 Å². The van der Waals surface area contributed by atoms with E-state index < -0.39 is 0 Å². The molecule has 0 fully saturated rings. The van der Waals surface area contributed by atoms with Gasteiger partial charge < -0.3 is 9.30 Å². The van der Waals surface area contributed by atoms with Gasteiger partial charge in [-0.05, 0) is 36.4 Å². The van der Waals surface area contributed by atoms with Crippen LogP contribution in [0.4, 0.5) is 0 Å². The van der Waals surface area contributed by atoms with Crippen LogP contribution in [0.1, 0.15) is 11.5 Å². The molecular formula is C19H17ClN6OS. The van der Waals surface area contributed by atoms with Gasteiger partial charge in [0.25, 0.3) is 0 Å². The normalized spacial score (nSPS) is 10.9. The van der Waals surface area contributed by atoms with Crippen molar-refractivity contribution >= 4 is 23.4 Å². The lowest BCUT2D eigenvalue weighted by Gasteiger charge is -2.06. The molecule has 0 atom stereocenters. The van der Waals surface area contributed by atoms with Crippen LogP contribution >= 0.6 is 23.4 Å². The number of halogens is 1. The van der Waals surface area contributed by atoms with Crippen LogP contribution in [0.2, 0.25) is 5.02 Å². The van der Waals surface area contributed by atoms with Crippen LogP contribution in [0.25, 0.3) is 5.69 Å². The highest BCUT2D eigenvalue weighted by Gasteiger charge is 2.11. The largest absolute Gasteiger partial charge is 0.486 e. The SMILES string of the molecule is Cn1c(COc2ccc(Cl)cc2)nnc1SCc1cnn(-c2ccccc2)n1. The molecule has 2 aromatic carbocycles. The molecule has 0 bridgehead atoms. The lowest BCUT2D eigenvalue weighted by molar-refractivity contribution is 0.290. The molecule has 142 valence electrons. The first-order chi connectivity index (χ1) is 13.7. The van der Waals surface area contributed by atoms with E-state index >= 15 is 0 Å². The summed E-state index contributed by atoms with van der Waals surface area (Å²) in [6, 6.07) is 17.0. The molecule has 0 aliphatic heterocycles. The molecule has 0 aliphatic carbocycles. The zero-order valence-corrected chi connectivity index (χ0v) is 16.6. The predicted molar refractivity (Wildman–Crippen MR) is 108 cm³/mol. The molecule has 0 radical (unpaired) electrons. The van der Waals surface area contributed by atoms with E-state index in [2.05, 4.69) is 20.4 Å². The lowest BCUT2D eigenvalue weighted by Crippen LogP contribution is -2.04. The summed E-state index contributed by atoms with van der Waals surface area (Å²) in [5.74, 6) is 2.13. The van der Waals surface area contributed by atoms with E-state index in [1.54, 1.807) is 34.9 Å². The standard InChI is InChI=1S/C19H17ClN6OS/c1-25-18(12-27-17-9-7-14(20)8-10-17)22-23-19(25)28-13-15-11-21-26(24-15)16-5-3-2-4-6-16/h2-11H,12-13H2,1H3. The van der Waals surface area contributed by atoms with Crippen LogP contribution < -0.4 is 4.74 Å². The smallest absolute Gasteiger partial charge is 0.191 e. The molecule has 4 aromatic rings. The highest BCUT2D eigenvalue weighted by Crippen LogP contribution is 2.21. The Balaban J connectivity index is 1.36. The molecule has 0 saturated carbocycles. The summed E-state index contributed by atoms with van der Waals surface area (Å²) in [7, 11) is 1.92. The van der Waals surface area contributed by atoms with Crippen molar-refractivity contribution in [3.8, 4) is 11.4 Å². The quantitative estimate of drug-likeness (QED) is 0.428. The van der Waals surface area contributed by atoms with Gasteiger partial charge in [-0.3, -0.25) is 0 Å². The highest BCUT2D eigenvalue weighted by molar-refractivity contribution is 7.98.